The second-order valence-electron chi connectivity index (χ2n) is 6.36. The van der Waals surface area contributed by atoms with Crippen LogP contribution in [-0.4, -0.2) is 20.6 Å². The van der Waals surface area contributed by atoms with Crippen molar-refractivity contribution in [3.8, 4) is 11.3 Å². The zero-order valence-corrected chi connectivity index (χ0v) is 17.6. The highest BCUT2D eigenvalue weighted by Gasteiger charge is 2.19. The van der Waals surface area contributed by atoms with Gasteiger partial charge in [0.05, 0.1) is 10.7 Å². The second-order valence-corrected chi connectivity index (χ2v) is 7.68. The minimum atomic E-state index is -0.563. The Morgan fingerprint density at radius 2 is 2.07 bits per heavy atom. The summed E-state index contributed by atoms with van der Waals surface area (Å²) in [5, 5.41) is 7.01. The number of nitrogens with zero attached hydrogens (tertiary/aromatic N) is 3. The molecule has 30 heavy (non-hydrogen) atoms. The number of amides is 1. The Morgan fingerprint density at radius 3 is 2.83 bits per heavy atom. The molecule has 152 valence electrons. The standard InChI is InChI=1S/C20H13BrClFN4O3/c21-11-5-6-15(14(23)9-11)25-16(28)7-8-27-10-24-19-17(20(27)29)18(26-30-19)12-3-1-2-4-13(12)22/h1-6,9-10H,7-8H2,(H,25,28). The van der Waals surface area contributed by atoms with Gasteiger partial charge in [-0.25, -0.2) is 9.37 Å². The summed E-state index contributed by atoms with van der Waals surface area (Å²) in [6.07, 6.45) is 1.22. The van der Waals surface area contributed by atoms with Crippen molar-refractivity contribution >= 4 is 50.2 Å². The number of carbonyl (C=O) groups is 1. The maximum Gasteiger partial charge on any atom is 0.266 e. The van der Waals surface area contributed by atoms with Gasteiger partial charge in [-0.2, -0.15) is 0 Å². The van der Waals surface area contributed by atoms with Crippen LogP contribution in [0, 0.1) is 5.82 Å². The highest BCUT2D eigenvalue weighted by molar-refractivity contribution is 9.10. The summed E-state index contributed by atoms with van der Waals surface area (Å²) < 4.78 is 20.9. The minimum absolute atomic E-state index is 0.0406. The Labute approximate surface area is 182 Å². The molecule has 7 nitrogen and oxygen atoms in total. The topological polar surface area (TPSA) is 90.0 Å². The van der Waals surface area contributed by atoms with E-state index < -0.39 is 17.3 Å². The molecule has 4 rings (SSSR count). The van der Waals surface area contributed by atoms with Crippen LogP contribution in [-0.2, 0) is 11.3 Å². The van der Waals surface area contributed by atoms with Crippen molar-refractivity contribution in [3.05, 3.63) is 74.5 Å². The molecule has 1 N–H and O–H groups in total. The second kappa shape index (κ2) is 8.37. The molecular formula is C20H13BrClFN4O3. The molecule has 0 atom stereocenters. The number of hydrogen-bond acceptors (Lipinski definition) is 5. The lowest BCUT2D eigenvalue weighted by Crippen LogP contribution is -2.23. The molecule has 0 aliphatic heterocycles. The van der Waals surface area contributed by atoms with E-state index in [4.69, 9.17) is 16.1 Å². The van der Waals surface area contributed by atoms with Crippen LogP contribution in [0.25, 0.3) is 22.4 Å². The fourth-order valence-electron chi connectivity index (χ4n) is 2.90. The monoisotopic (exact) mass is 490 g/mol. The number of aromatic nitrogens is 3. The third-order valence-corrected chi connectivity index (χ3v) is 5.20. The zero-order chi connectivity index (χ0) is 21.3. The molecule has 0 aliphatic rings. The third kappa shape index (κ3) is 3.99. The van der Waals surface area contributed by atoms with Crippen molar-refractivity contribution in [1.29, 1.82) is 0 Å². The van der Waals surface area contributed by atoms with Gasteiger partial charge in [0.1, 0.15) is 23.2 Å². The first-order valence-corrected chi connectivity index (χ1v) is 9.96. The molecule has 0 unspecified atom stereocenters. The van der Waals surface area contributed by atoms with Gasteiger partial charge in [0.2, 0.25) is 5.91 Å². The van der Waals surface area contributed by atoms with Crippen molar-refractivity contribution < 1.29 is 13.7 Å². The highest BCUT2D eigenvalue weighted by atomic mass is 79.9. The number of nitrogens with one attached hydrogen (secondary N) is 1. The number of fused-ring (bicyclic) bond motifs is 1. The highest BCUT2D eigenvalue weighted by Crippen LogP contribution is 2.30. The Balaban J connectivity index is 1.57. The first-order valence-electron chi connectivity index (χ1n) is 8.78. The number of anilines is 1. The SMILES string of the molecule is O=C(CCn1cnc2onc(-c3ccccc3Cl)c2c1=O)Nc1ccc(Br)cc1F. The molecule has 2 heterocycles. The van der Waals surface area contributed by atoms with E-state index in [0.717, 1.165) is 0 Å². The summed E-state index contributed by atoms with van der Waals surface area (Å²) in [6.45, 7) is 0.0406. The predicted molar refractivity (Wildman–Crippen MR) is 114 cm³/mol. The van der Waals surface area contributed by atoms with Gasteiger partial charge >= 0.3 is 0 Å². The van der Waals surface area contributed by atoms with Crippen molar-refractivity contribution in [2.24, 2.45) is 0 Å². The van der Waals surface area contributed by atoms with Gasteiger partial charge in [-0.05, 0) is 24.3 Å². The molecule has 0 aliphatic carbocycles. The number of aryl methyl sites for hydroxylation is 1. The summed E-state index contributed by atoms with van der Waals surface area (Å²) in [5.74, 6) is -1.01. The molecular weight excluding hydrogens is 479 g/mol. The summed E-state index contributed by atoms with van der Waals surface area (Å²) in [5.41, 5.74) is 0.539. The molecule has 10 heteroatoms. The van der Waals surface area contributed by atoms with E-state index in [1.165, 1.54) is 23.0 Å². The Morgan fingerprint density at radius 1 is 1.27 bits per heavy atom. The van der Waals surface area contributed by atoms with E-state index in [9.17, 15) is 14.0 Å². The fourth-order valence-corrected chi connectivity index (χ4v) is 3.46. The van der Waals surface area contributed by atoms with Gasteiger partial charge in [0, 0.05) is 23.0 Å². The van der Waals surface area contributed by atoms with Crippen LogP contribution in [0.1, 0.15) is 6.42 Å². The minimum Gasteiger partial charge on any atom is -0.335 e. The number of benzene rings is 2. The van der Waals surface area contributed by atoms with Gasteiger partial charge in [-0.3, -0.25) is 14.2 Å². The number of halogens is 3. The zero-order valence-electron chi connectivity index (χ0n) is 15.2. The average Bonchev–Trinajstić information content (AvgIpc) is 3.15. The van der Waals surface area contributed by atoms with E-state index in [1.807, 2.05) is 0 Å². The van der Waals surface area contributed by atoms with Gasteiger partial charge in [0.25, 0.3) is 11.3 Å². The van der Waals surface area contributed by atoms with Crippen molar-refractivity contribution in [2.45, 2.75) is 13.0 Å². The van der Waals surface area contributed by atoms with Gasteiger partial charge in [0.15, 0.2) is 0 Å². The molecule has 1 amide bonds. The molecule has 0 fully saturated rings. The van der Waals surface area contributed by atoms with Crippen LogP contribution in [0.15, 0.2) is 62.6 Å². The maximum atomic E-state index is 13.9. The maximum absolute atomic E-state index is 13.9. The normalized spacial score (nSPS) is 11.0. The van der Waals surface area contributed by atoms with E-state index in [0.29, 0.717) is 15.1 Å². The van der Waals surface area contributed by atoms with Crippen molar-refractivity contribution in [3.63, 3.8) is 0 Å². The molecule has 0 bridgehead atoms. The first-order chi connectivity index (χ1) is 14.4. The van der Waals surface area contributed by atoms with Crippen molar-refractivity contribution in [1.82, 2.24) is 14.7 Å². The van der Waals surface area contributed by atoms with Gasteiger partial charge in [-0.15, -0.1) is 0 Å². The molecule has 4 aromatic rings. The van der Waals surface area contributed by atoms with Crippen LogP contribution in [0.2, 0.25) is 5.02 Å². The largest absolute Gasteiger partial charge is 0.335 e. The number of rotatable bonds is 5. The average molecular weight is 492 g/mol. The lowest BCUT2D eigenvalue weighted by Gasteiger charge is -2.08. The summed E-state index contributed by atoms with van der Waals surface area (Å²) in [6, 6.07) is 11.2. The van der Waals surface area contributed by atoms with Crippen LogP contribution < -0.4 is 10.9 Å². The smallest absolute Gasteiger partial charge is 0.266 e. The molecule has 2 aromatic heterocycles. The van der Waals surface area contributed by atoms with Crippen LogP contribution in [0.4, 0.5) is 10.1 Å². The van der Waals surface area contributed by atoms with E-state index in [-0.39, 0.29) is 35.4 Å². The number of hydrogen-bond donors (Lipinski definition) is 1. The summed E-state index contributed by atoms with van der Waals surface area (Å²) >= 11 is 9.37. The van der Waals surface area contributed by atoms with Gasteiger partial charge in [-0.1, -0.05) is 50.9 Å². The molecule has 0 radical (unpaired) electrons. The van der Waals surface area contributed by atoms with Crippen LogP contribution >= 0.6 is 27.5 Å². The van der Waals surface area contributed by atoms with E-state index in [2.05, 4.69) is 31.4 Å². The van der Waals surface area contributed by atoms with E-state index >= 15 is 0 Å². The lowest BCUT2D eigenvalue weighted by atomic mass is 10.1. The Hall–Kier alpha value is -3.04. The lowest BCUT2D eigenvalue weighted by molar-refractivity contribution is -0.116. The van der Waals surface area contributed by atoms with Crippen LogP contribution in [0.5, 0.6) is 0 Å². The van der Waals surface area contributed by atoms with Crippen LogP contribution in [0.3, 0.4) is 0 Å². The van der Waals surface area contributed by atoms with Gasteiger partial charge < -0.3 is 9.84 Å². The summed E-state index contributed by atoms with van der Waals surface area (Å²) in [4.78, 5) is 29.2. The third-order valence-electron chi connectivity index (χ3n) is 4.38. The molecule has 0 spiro atoms. The first kappa shape index (κ1) is 20.2. The quantitative estimate of drug-likeness (QED) is 0.439. The Bertz CT molecular complexity index is 1320. The predicted octanol–water partition coefficient (Wildman–Crippen LogP) is 4.64. The van der Waals surface area contributed by atoms with E-state index in [1.54, 1.807) is 30.3 Å². The molecule has 0 saturated carbocycles. The number of carbonyl (C=O) groups excluding carboxylic acids is 1. The fraction of sp³-hybridized carbons (Fsp3) is 0.100. The Kier molecular flexibility index (Phi) is 5.65. The summed E-state index contributed by atoms with van der Waals surface area (Å²) in [7, 11) is 0. The molecule has 0 saturated heterocycles. The molecule has 2 aromatic carbocycles. The van der Waals surface area contributed by atoms with Crippen molar-refractivity contribution in [2.75, 3.05) is 5.32 Å².